The maximum absolute atomic E-state index is 12.3. The molecule has 2 amide bonds. The molecule has 0 bridgehead atoms. The van der Waals surface area contributed by atoms with E-state index in [0.29, 0.717) is 13.0 Å². The van der Waals surface area contributed by atoms with Gasteiger partial charge in [0.15, 0.2) is 0 Å². The SMILES string of the molecule is CNC(=O)C(Cc1ccccc1)NC(=O)C(C)NC(C)COC. The van der Waals surface area contributed by atoms with E-state index >= 15 is 0 Å². The van der Waals surface area contributed by atoms with E-state index in [2.05, 4.69) is 16.0 Å². The number of carbonyl (C=O) groups excluding carboxylic acids is 2. The Balaban J connectivity index is 2.65. The average Bonchev–Trinajstić information content (AvgIpc) is 2.54. The summed E-state index contributed by atoms with van der Waals surface area (Å²) >= 11 is 0. The lowest BCUT2D eigenvalue weighted by atomic mass is 10.0. The normalized spacial score (nSPS) is 14.6. The summed E-state index contributed by atoms with van der Waals surface area (Å²) in [6.45, 7) is 4.22. The van der Waals surface area contributed by atoms with E-state index in [4.69, 9.17) is 4.74 Å². The van der Waals surface area contributed by atoms with E-state index in [1.165, 1.54) is 0 Å². The van der Waals surface area contributed by atoms with E-state index in [-0.39, 0.29) is 17.9 Å². The van der Waals surface area contributed by atoms with Gasteiger partial charge in [-0.2, -0.15) is 0 Å². The van der Waals surface area contributed by atoms with Crippen LogP contribution in [-0.2, 0) is 20.7 Å². The molecule has 0 radical (unpaired) electrons. The highest BCUT2D eigenvalue weighted by Gasteiger charge is 2.23. The van der Waals surface area contributed by atoms with Gasteiger partial charge in [-0.15, -0.1) is 0 Å². The second-order valence-corrected chi connectivity index (χ2v) is 5.61. The van der Waals surface area contributed by atoms with Gasteiger partial charge in [-0.25, -0.2) is 0 Å². The van der Waals surface area contributed by atoms with Crippen LogP contribution in [0.2, 0.25) is 0 Å². The summed E-state index contributed by atoms with van der Waals surface area (Å²) in [5.74, 6) is -0.420. The fraction of sp³-hybridized carbons (Fsp3) is 0.529. The maximum Gasteiger partial charge on any atom is 0.242 e. The zero-order valence-electron chi connectivity index (χ0n) is 14.3. The van der Waals surface area contributed by atoms with Crippen LogP contribution >= 0.6 is 0 Å². The molecule has 3 unspecified atom stereocenters. The molecule has 6 heteroatoms. The lowest BCUT2D eigenvalue weighted by molar-refractivity contribution is -0.129. The number of carbonyl (C=O) groups is 2. The van der Waals surface area contributed by atoms with Crippen LogP contribution in [0.3, 0.4) is 0 Å². The Morgan fingerprint density at radius 3 is 2.35 bits per heavy atom. The van der Waals surface area contributed by atoms with Crippen LogP contribution in [0, 0.1) is 0 Å². The first-order chi connectivity index (χ1) is 11.0. The van der Waals surface area contributed by atoms with E-state index in [1.54, 1.807) is 21.1 Å². The van der Waals surface area contributed by atoms with Crippen molar-refractivity contribution >= 4 is 11.8 Å². The van der Waals surface area contributed by atoms with Gasteiger partial charge in [0.1, 0.15) is 6.04 Å². The van der Waals surface area contributed by atoms with Crippen LogP contribution in [0.4, 0.5) is 0 Å². The third-order valence-electron chi connectivity index (χ3n) is 3.51. The number of methoxy groups -OCH3 is 1. The maximum atomic E-state index is 12.3. The molecule has 3 N–H and O–H groups in total. The zero-order valence-corrected chi connectivity index (χ0v) is 14.3. The molecule has 0 aromatic heterocycles. The molecule has 0 spiro atoms. The molecule has 0 heterocycles. The Labute approximate surface area is 138 Å². The molecule has 3 atom stereocenters. The first-order valence-electron chi connectivity index (χ1n) is 7.78. The number of rotatable bonds is 9. The van der Waals surface area contributed by atoms with Gasteiger partial charge in [0, 0.05) is 26.6 Å². The molecular formula is C17H27N3O3. The Morgan fingerprint density at radius 2 is 1.78 bits per heavy atom. The summed E-state index contributed by atoms with van der Waals surface area (Å²) in [7, 11) is 3.18. The van der Waals surface area contributed by atoms with Gasteiger partial charge >= 0.3 is 0 Å². The minimum Gasteiger partial charge on any atom is -0.383 e. The lowest BCUT2D eigenvalue weighted by Crippen LogP contribution is -2.53. The Hall–Kier alpha value is -1.92. The third kappa shape index (κ3) is 6.80. The van der Waals surface area contributed by atoms with Gasteiger partial charge in [-0.3, -0.25) is 9.59 Å². The van der Waals surface area contributed by atoms with Crippen LogP contribution in [0.15, 0.2) is 30.3 Å². The molecule has 1 rings (SSSR count). The molecule has 1 aromatic rings. The van der Waals surface area contributed by atoms with Crippen LogP contribution in [0.5, 0.6) is 0 Å². The molecule has 1 aromatic carbocycles. The molecule has 23 heavy (non-hydrogen) atoms. The summed E-state index contributed by atoms with van der Waals surface area (Å²) in [6.07, 6.45) is 0.451. The number of nitrogens with one attached hydrogen (secondary N) is 3. The largest absolute Gasteiger partial charge is 0.383 e. The highest BCUT2D eigenvalue weighted by molar-refractivity contribution is 5.89. The van der Waals surface area contributed by atoms with Gasteiger partial charge in [0.25, 0.3) is 0 Å². The van der Waals surface area contributed by atoms with Crippen molar-refractivity contribution in [2.45, 2.75) is 38.4 Å². The van der Waals surface area contributed by atoms with Gasteiger partial charge < -0.3 is 20.7 Å². The fourth-order valence-electron chi connectivity index (χ4n) is 2.33. The van der Waals surface area contributed by atoms with Gasteiger partial charge in [0.05, 0.1) is 12.6 Å². The molecule has 128 valence electrons. The molecule has 0 saturated heterocycles. The number of amides is 2. The van der Waals surface area contributed by atoms with Crippen LogP contribution in [0.1, 0.15) is 19.4 Å². The van der Waals surface area contributed by atoms with Crippen LogP contribution in [-0.4, -0.2) is 50.7 Å². The van der Waals surface area contributed by atoms with Crippen molar-refractivity contribution in [1.29, 1.82) is 0 Å². The number of likely N-dealkylation sites (N-methyl/N-ethyl adjacent to an activating group) is 1. The minimum atomic E-state index is -0.600. The predicted molar refractivity (Wildman–Crippen MR) is 90.1 cm³/mol. The molecule has 6 nitrogen and oxygen atoms in total. The summed E-state index contributed by atoms with van der Waals surface area (Å²) in [5, 5.41) is 8.54. The van der Waals surface area contributed by atoms with E-state index in [9.17, 15) is 9.59 Å². The second-order valence-electron chi connectivity index (χ2n) is 5.61. The van der Waals surface area contributed by atoms with Gasteiger partial charge in [-0.05, 0) is 19.4 Å². The molecule has 0 aliphatic heterocycles. The molecular weight excluding hydrogens is 294 g/mol. The Kier molecular flexibility index (Phi) is 8.29. The average molecular weight is 321 g/mol. The quantitative estimate of drug-likeness (QED) is 0.618. The standard InChI is InChI=1S/C17H27N3O3/c1-12(11-23-4)19-13(2)16(21)20-15(17(22)18-3)10-14-8-6-5-7-9-14/h5-9,12-13,15,19H,10-11H2,1-4H3,(H,18,22)(H,20,21). The van der Waals surface area contributed by atoms with Gasteiger partial charge in [0.2, 0.25) is 11.8 Å². The number of ether oxygens (including phenoxy) is 1. The van der Waals surface area contributed by atoms with Crippen molar-refractivity contribution in [3.63, 3.8) is 0 Å². The van der Waals surface area contributed by atoms with Gasteiger partial charge in [-0.1, -0.05) is 30.3 Å². The summed E-state index contributed by atoms with van der Waals surface area (Å²) in [5.41, 5.74) is 0.995. The van der Waals surface area contributed by atoms with E-state index in [0.717, 1.165) is 5.56 Å². The number of hydrogen-bond acceptors (Lipinski definition) is 4. The number of benzene rings is 1. The van der Waals surface area contributed by atoms with Crippen molar-refractivity contribution in [3.05, 3.63) is 35.9 Å². The topological polar surface area (TPSA) is 79.5 Å². The Morgan fingerprint density at radius 1 is 1.13 bits per heavy atom. The smallest absolute Gasteiger partial charge is 0.242 e. The van der Waals surface area contributed by atoms with E-state index < -0.39 is 12.1 Å². The highest BCUT2D eigenvalue weighted by atomic mass is 16.5. The lowest BCUT2D eigenvalue weighted by Gasteiger charge is -2.22. The van der Waals surface area contributed by atoms with Crippen molar-refractivity contribution in [3.8, 4) is 0 Å². The van der Waals surface area contributed by atoms with Crippen LogP contribution < -0.4 is 16.0 Å². The predicted octanol–water partition coefficient (Wildman–Crippen LogP) is 0.473. The molecule has 0 fully saturated rings. The summed E-state index contributed by atoms with van der Waals surface area (Å²) in [6, 6.07) is 8.64. The highest BCUT2D eigenvalue weighted by Crippen LogP contribution is 2.04. The zero-order chi connectivity index (χ0) is 17.2. The van der Waals surface area contributed by atoms with E-state index in [1.807, 2.05) is 37.3 Å². The number of hydrogen-bond donors (Lipinski definition) is 3. The first kappa shape index (κ1) is 19.1. The second kappa shape index (κ2) is 9.97. The fourth-order valence-corrected chi connectivity index (χ4v) is 2.33. The van der Waals surface area contributed by atoms with Crippen molar-refractivity contribution < 1.29 is 14.3 Å². The van der Waals surface area contributed by atoms with Crippen molar-refractivity contribution in [2.24, 2.45) is 0 Å². The summed E-state index contributed by atoms with van der Waals surface area (Å²) < 4.78 is 5.04. The van der Waals surface area contributed by atoms with Crippen molar-refractivity contribution in [2.75, 3.05) is 20.8 Å². The van der Waals surface area contributed by atoms with Crippen molar-refractivity contribution in [1.82, 2.24) is 16.0 Å². The summed E-state index contributed by atoms with van der Waals surface area (Å²) in [4.78, 5) is 24.3. The molecule has 0 aliphatic rings. The molecule has 0 aliphatic carbocycles. The third-order valence-corrected chi connectivity index (χ3v) is 3.51. The monoisotopic (exact) mass is 321 g/mol. The molecule has 0 saturated carbocycles. The van der Waals surface area contributed by atoms with Crippen LogP contribution in [0.25, 0.3) is 0 Å². The minimum absolute atomic E-state index is 0.0494. The first-order valence-corrected chi connectivity index (χ1v) is 7.78. The Bertz CT molecular complexity index is 493.